The minimum Gasteiger partial charge on any atom is -0.368 e. The molecule has 4 nitrogen and oxygen atoms in total. The van der Waals surface area contributed by atoms with Crippen LogP contribution >= 0.6 is 0 Å². The lowest BCUT2D eigenvalue weighted by atomic mass is 10.0. The lowest BCUT2D eigenvalue weighted by Crippen LogP contribution is -2.50. The van der Waals surface area contributed by atoms with Crippen molar-refractivity contribution in [2.24, 2.45) is 0 Å². The molecule has 0 spiro atoms. The molecule has 1 saturated heterocycles. The maximum Gasteiger partial charge on any atom is 0.321 e. The van der Waals surface area contributed by atoms with Gasteiger partial charge in [-0.2, -0.15) is 0 Å². The second-order valence-electron chi connectivity index (χ2n) is 6.52. The Hall–Kier alpha value is -2.49. The third kappa shape index (κ3) is 3.88. The number of benzene rings is 2. The molecule has 2 aromatic rings. The Bertz CT molecular complexity index is 659. The van der Waals surface area contributed by atoms with Crippen LogP contribution in [0.5, 0.6) is 0 Å². The number of anilines is 2. The van der Waals surface area contributed by atoms with Crippen molar-refractivity contribution in [2.45, 2.75) is 19.8 Å². The molecule has 2 aromatic carbocycles. The molecule has 0 saturated carbocycles. The zero-order chi connectivity index (χ0) is 16.9. The van der Waals surface area contributed by atoms with Crippen molar-refractivity contribution in [3.05, 3.63) is 60.2 Å². The first-order chi connectivity index (χ1) is 11.6. The molecule has 24 heavy (non-hydrogen) atoms. The average Bonchev–Trinajstić information content (AvgIpc) is 2.63. The summed E-state index contributed by atoms with van der Waals surface area (Å²) in [4.78, 5) is 16.6. The topological polar surface area (TPSA) is 35.6 Å². The Kier molecular flexibility index (Phi) is 5.04. The summed E-state index contributed by atoms with van der Waals surface area (Å²) < 4.78 is 0. The number of urea groups is 1. The Morgan fingerprint density at radius 3 is 2.12 bits per heavy atom. The van der Waals surface area contributed by atoms with Crippen LogP contribution in [0, 0.1) is 0 Å². The molecule has 1 heterocycles. The van der Waals surface area contributed by atoms with E-state index in [-0.39, 0.29) is 6.03 Å². The van der Waals surface area contributed by atoms with E-state index in [1.165, 1.54) is 11.3 Å². The van der Waals surface area contributed by atoms with Crippen LogP contribution in [0.15, 0.2) is 54.6 Å². The Morgan fingerprint density at radius 1 is 0.917 bits per heavy atom. The van der Waals surface area contributed by atoms with E-state index in [1.807, 2.05) is 35.2 Å². The molecule has 0 aromatic heterocycles. The van der Waals surface area contributed by atoms with Crippen LogP contribution < -0.4 is 10.2 Å². The van der Waals surface area contributed by atoms with Crippen LogP contribution in [0.1, 0.15) is 25.3 Å². The van der Waals surface area contributed by atoms with Gasteiger partial charge < -0.3 is 15.1 Å². The largest absolute Gasteiger partial charge is 0.368 e. The van der Waals surface area contributed by atoms with Crippen LogP contribution in [-0.2, 0) is 0 Å². The Morgan fingerprint density at radius 2 is 1.54 bits per heavy atom. The Labute approximate surface area is 144 Å². The Balaban J connectivity index is 1.54. The lowest BCUT2D eigenvalue weighted by molar-refractivity contribution is 0.208. The molecule has 0 aliphatic carbocycles. The summed E-state index contributed by atoms with van der Waals surface area (Å²) in [5.74, 6) is 0.553. The van der Waals surface area contributed by atoms with Gasteiger partial charge >= 0.3 is 6.03 Å². The predicted octanol–water partition coefficient (Wildman–Crippen LogP) is 4.16. The minimum absolute atomic E-state index is 0.0176. The quantitative estimate of drug-likeness (QED) is 0.920. The third-order valence-corrected chi connectivity index (χ3v) is 4.52. The van der Waals surface area contributed by atoms with Gasteiger partial charge in [0.2, 0.25) is 0 Å². The number of nitrogens with one attached hydrogen (secondary N) is 1. The molecule has 2 amide bonds. The number of carbonyl (C=O) groups is 1. The first-order valence-electron chi connectivity index (χ1n) is 8.59. The van der Waals surface area contributed by atoms with Crippen LogP contribution in [0.25, 0.3) is 0 Å². The molecule has 1 aliphatic rings. The molecule has 0 bridgehead atoms. The first kappa shape index (κ1) is 16.4. The normalized spacial score (nSPS) is 14.8. The zero-order valence-electron chi connectivity index (χ0n) is 14.4. The summed E-state index contributed by atoms with van der Waals surface area (Å²) in [5.41, 5.74) is 3.44. The summed E-state index contributed by atoms with van der Waals surface area (Å²) in [5, 5.41) is 2.95. The molecule has 1 fully saturated rings. The maximum absolute atomic E-state index is 12.3. The fraction of sp³-hybridized carbons (Fsp3) is 0.350. The minimum atomic E-state index is -0.0176. The third-order valence-electron chi connectivity index (χ3n) is 4.52. The number of nitrogens with zero attached hydrogens (tertiary/aromatic N) is 2. The average molecular weight is 323 g/mol. The van der Waals surface area contributed by atoms with Crippen molar-refractivity contribution in [1.29, 1.82) is 0 Å². The number of piperazine rings is 1. The summed E-state index contributed by atoms with van der Waals surface area (Å²) in [6.45, 7) is 7.62. The van der Waals surface area contributed by atoms with E-state index in [0.717, 1.165) is 31.9 Å². The van der Waals surface area contributed by atoms with Gasteiger partial charge in [-0.25, -0.2) is 4.79 Å². The van der Waals surface area contributed by atoms with E-state index >= 15 is 0 Å². The molecule has 4 heteroatoms. The van der Waals surface area contributed by atoms with E-state index in [1.54, 1.807) is 0 Å². The molecular weight excluding hydrogens is 298 g/mol. The highest BCUT2D eigenvalue weighted by Gasteiger charge is 2.21. The van der Waals surface area contributed by atoms with Crippen molar-refractivity contribution in [3.8, 4) is 0 Å². The molecular formula is C20H25N3O. The van der Waals surface area contributed by atoms with E-state index in [0.29, 0.717) is 5.92 Å². The fourth-order valence-electron chi connectivity index (χ4n) is 2.96. The van der Waals surface area contributed by atoms with Crippen molar-refractivity contribution in [3.63, 3.8) is 0 Å². The van der Waals surface area contributed by atoms with Crippen molar-refractivity contribution in [2.75, 3.05) is 36.4 Å². The number of amides is 2. The molecule has 1 aliphatic heterocycles. The fourth-order valence-corrected chi connectivity index (χ4v) is 2.96. The SMILES string of the molecule is CC(C)c1ccc(N2CCN(C(=O)Nc3ccccc3)CC2)cc1. The van der Waals surface area contributed by atoms with Crippen LogP contribution in [0.3, 0.4) is 0 Å². The molecule has 0 radical (unpaired) electrons. The van der Waals surface area contributed by atoms with Gasteiger partial charge in [-0.3, -0.25) is 0 Å². The highest BCUT2D eigenvalue weighted by atomic mass is 16.2. The standard InChI is InChI=1S/C20H25N3O/c1-16(2)17-8-10-19(11-9-17)22-12-14-23(15-13-22)20(24)21-18-6-4-3-5-7-18/h3-11,16H,12-15H2,1-2H3,(H,21,24). The number of para-hydroxylation sites is 1. The van der Waals surface area contributed by atoms with Gasteiger partial charge in [0.25, 0.3) is 0 Å². The highest BCUT2D eigenvalue weighted by Crippen LogP contribution is 2.21. The van der Waals surface area contributed by atoms with Crippen LogP contribution in [0.2, 0.25) is 0 Å². The van der Waals surface area contributed by atoms with Gasteiger partial charge in [-0.1, -0.05) is 44.2 Å². The summed E-state index contributed by atoms with van der Waals surface area (Å²) >= 11 is 0. The van der Waals surface area contributed by atoms with Crippen molar-refractivity contribution < 1.29 is 4.79 Å². The lowest BCUT2D eigenvalue weighted by Gasteiger charge is -2.36. The molecule has 0 atom stereocenters. The molecule has 126 valence electrons. The van der Waals surface area contributed by atoms with Crippen LogP contribution in [-0.4, -0.2) is 37.1 Å². The number of hydrogen-bond acceptors (Lipinski definition) is 2. The number of hydrogen-bond donors (Lipinski definition) is 1. The van der Waals surface area contributed by atoms with Crippen molar-refractivity contribution in [1.82, 2.24) is 4.90 Å². The van der Waals surface area contributed by atoms with E-state index in [9.17, 15) is 4.79 Å². The van der Waals surface area contributed by atoms with Gasteiger partial charge in [0, 0.05) is 37.6 Å². The van der Waals surface area contributed by atoms with E-state index in [4.69, 9.17) is 0 Å². The summed E-state index contributed by atoms with van der Waals surface area (Å²) in [6.07, 6.45) is 0. The second-order valence-corrected chi connectivity index (χ2v) is 6.52. The maximum atomic E-state index is 12.3. The summed E-state index contributed by atoms with van der Waals surface area (Å²) in [6, 6.07) is 18.4. The molecule has 0 unspecified atom stereocenters. The predicted molar refractivity (Wildman–Crippen MR) is 99.8 cm³/mol. The van der Waals surface area contributed by atoms with Gasteiger partial charge in [0.1, 0.15) is 0 Å². The van der Waals surface area contributed by atoms with E-state index < -0.39 is 0 Å². The van der Waals surface area contributed by atoms with E-state index in [2.05, 4.69) is 48.3 Å². The van der Waals surface area contributed by atoms with Gasteiger partial charge in [-0.05, 0) is 35.7 Å². The zero-order valence-corrected chi connectivity index (χ0v) is 14.4. The highest BCUT2D eigenvalue weighted by molar-refractivity contribution is 5.89. The second kappa shape index (κ2) is 7.39. The number of carbonyl (C=O) groups excluding carboxylic acids is 1. The monoisotopic (exact) mass is 323 g/mol. The smallest absolute Gasteiger partial charge is 0.321 e. The first-order valence-corrected chi connectivity index (χ1v) is 8.59. The van der Waals surface area contributed by atoms with Gasteiger partial charge in [0.05, 0.1) is 0 Å². The van der Waals surface area contributed by atoms with Crippen LogP contribution in [0.4, 0.5) is 16.2 Å². The summed E-state index contributed by atoms with van der Waals surface area (Å²) in [7, 11) is 0. The molecule has 3 rings (SSSR count). The van der Waals surface area contributed by atoms with Gasteiger partial charge in [0.15, 0.2) is 0 Å². The molecule has 1 N–H and O–H groups in total. The number of rotatable bonds is 3. The van der Waals surface area contributed by atoms with Crippen molar-refractivity contribution >= 4 is 17.4 Å². The van der Waals surface area contributed by atoms with Gasteiger partial charge in [-0.15, -0.1) is 0 Å².